The van der Waals surface area contributed by atoms with Gasteiger partial charge in [0.2, 0.25) is 0 Å². The lowest BCUT2D eigenvalue weighted by atomic mass is 10.1. The maximum absolute atomic E-state index is 12.5. The second-order valence-electron chi connectivity index (χ2n) is 6.65. The first kappa shape index (κ1) is 18.2. The third kappa shape index (κ3) is 4.75. The molecule has 2 heterocycles. The number of carbonyl (C=O) groups excluding carboxylic acids is 1. The van der Waals surface area contributed by atoms with Gasteiger partial charge in [0, 0.05) is 19.3 Å². The lowest BCUT2D eigenvalue weighted by Gasteiger charge is -2.24. The number of carbonyl (C=O) groups is 1. The Hall–Kier alpha value is -2.56. The second kappa shape index (κ2) is 9.22. The van der Waals surface area contributed by atoms with Crippen molar-refractivity contribution in [1.82, 2.24) is 9.88 Å². The number of pyridine rings is 1. The van der Waals surface area contributed by atoms with E-state index >= 15 is 0 Å². The van der Waals surface area contributed by atoms with Crippen LogP contribution in [0.5, 0.6) is 0 Å². The molecular formula is C21H27N3O2. The van der Waals surface area contributed by atoms with E-state index in [1.165, 1.54) is 0 Å². The molecule has 1 aliphatic heterocycles. The fourth-order valence-electron chi connectivity index (χ4n) is 3.23. The minimum absolute atomic E-state index is 0.0514. The van der Waals surface area contributed by atoms with Crippen molar-refractivity contribution >= 4 is 11.9 Å². The predicted molar refractivity (Wildman–Crippen MR) is 103 cm³/mol. The smallest absolute Gasteiger partial charge is 0.410 e. The Kier molecular flexibility index (Phi) is 6.47. The number of rotatable bonds is 7. The van der Waals surface area contributed by atoms with Crippen LogP contribution >= 0.6 is 0 Å². The Balaban J connectivity index is 1.57. The minimum Gasteiger partial charge on any atom is -0.445 e. The highest BCUT2D eigenvalue weighted by Crippen LogP contribution is 2.32. The molecule has 3 rings (SSSR count). The first-order valence-electron chi connectivity index (χ1n) is 9.45. The minimum atomic E-state index is -0.249. The Morgan fingerprint density at radius 1 is 1.27 bits per heavy atom. The third-order valence-corrected chi connectivity index (χ3v) is 4.70. The van der Waals surface area contributed by atoms with E-state index in [-0.39, 0.29) is 12.1 Å². The van der Waals surface area contributed by atoms with Gasteiger partial charge in [0.25, 0.3) is 0 Å². The SMILES string of the molecule is CCCCNc1ccc(C2CCCN2C(=O)OCc2ccccc2)cn1. The van der Waals surface area contributed by atoms with Gasteiger partial charge in [-0.1, -0.05) is 49.7 Å². The molecule has 1 N–H and O–H groups in total. The molecule has 0 spiro atoms. The van der Waals surface area contributed by atoms with E-state index in [9.17, 15) is 4.79 Å². The summed E-state index contributed by atoms with van der Waals surface area (Å²) in [4.78, 5) is 18.8. The zero-order chi connectivity index (χ0) is 18.2. The van der Waals surface area contributed by atoms with Gasteiger partial charge in [0.15, 0.2) is 0 Å². The molecule has 5 heteroatoms. The van der Waals surface area contributed by atoms with E-state index < -0.39 is 0 Å². The van der Waals surface area contributed by atoms with Crippen LogP contribution in [0.15, 0.2) is 48.7 Å². The van der Waals surface area contributed by atoms with Gasteiger partial charge >= 0.3 is 6.09 Å². The summed E-state index contributed by atoms with van der Waals surface area (Å²) in [6.07, 6.45) is 5.86. The molecule has 5 nitrogen and oxygen atoms in total. The summed E-state index contributed by atoms with van der Waals surface area (Å²) in [6.45, 7) is 4.14. The molecule has 2 aromatic rings. The molecule has 1 amide bonds. The number of benzene rings is 1. The maximum Gasteiger partial charge on any atom is 0.410 e. The molecular weight excluding hydrogens is 326 g/mol. The van der Waals surface area contributed by atoms with Crippen LogP contribution in [-0.4, -0.2) is 29.1 Å². The number of unbranched alkanes of at least 4 members (excludes halogenated alkanes) is 1. The van der Waals surface area contributed by atoms with Crippen LogP contribution < -0.4 is 5.32 Å². The Morgan fingerprint density at radius 2 is 2.12 bits per heavy atom. The second-order valence-corrected chi connectivity index (χ2v) is 6.65. The van der Waals surface area contributed by atoms with Crippen LogP contribution in [0.4, 0.5) is 10.6 Å². The number of amides is 1. The molecule has 1 aliphatic rings. The normalized spacial score (nSPS) is 16.5. The van der Waals surface area contributed by atoms with Crippen molar-refractivity contribution in [3.63, 3.8) is 0 Å². The quantitative estimate of drug-likeness (QED) is 0.729. The number of hydrogen-bond donors (Lipinski definition) is 1. The Morgan fingerprint density at radius 3 is 2.85 bits per heavy atom. The molecule has 0 bridgehead atoms. The molecule has 138 valence electrons. The summed E-state index contributed by atoms with van der Waals surface area (Å²) in [5.41, 5.74) is 2.07. The van der Waals surface area contributed by atoms with Crippen LogP contribution in [-0.2, 0) is 11.3 Å². The number of nitrogens with zero attached hydrogens (tertiary/aromatic N) is 2. The Labute approximate surface area is 155 Å². The molecule has 1 aromatic carbocycles. The number of hydrogen-bond acceptors (Lipinski definition) is 4. The summed E-state index contributed by atoms with van der Waals surface area (Å²) < 4.78 is 5.51. The van der Waals surface area contributed by atoms with Gasteiger partial charge in [0.1, 0.15) is 12.4 Å². The monoisotopic (exact) mass is 353 g/mol. The van der Waals surface area contributed by atoms with Crippen LogP contribution in [0.1, 0.15) is 49.8 Å². The standard InChI is InChI=1S/C21H27N3O2/c1-2-3-13-22-20-12-11-18(15-23-20)19-10-7-14-24(19)21(25)26-16-17-8-5-4-6-9-17/h4-6,8-9,11-12,15,19H,2-3,7,10,13-14,16H2,1H3,(H,22,23). The number of ether oxygens (including phenoxy) is 1. The highest BCUT2D eigenvalue weighted by Gasteiger charge is 2.31. The van der Waals surface area contributed by atoms with Gasteiger partial charge in [-0.15, -0.1) is 0 Å². The van der Waals surface area contributed by atoms with Gasteiger partial charge in [-0.2, -0.15) is 0 Å². The molecule has 1 saturated heterocycles. The third-order valence-electron chi connectivity index (χ3n) is 4.70. The van der Waals surface area contributed by atoms with Gasteiger partial charge in [-0.25, -0.2) is 9.78 Å². The number of anilines is 1. The summed E-state index contributed by atoms with van der Waals surface area (Å²) >= 11 is 0. The van der Waals surface area contributed by atoms with E-state index in [1.54, 1.807) is 0 Å². The van der Waals surface area contributed by atoms with Crippen LogP contribution in [0.2, 0.25) is 0 Å². The predicted octanol–water partition coefficient (Wildman–Crippen LogP) is 4.77. The Bertz CT molecular complexity index is 688. The molecule has 0 aliphatic carbocycles. The van der Waals surface area contributed by atoms with Crippen molar-refractivity contribution in [2.24, 2.45) is 0 Å². The average molecular weight is 353 g/mol. The average Bonchev–Trinajstić information content (AvgIpc) is 3.18. The van der Waals surface area contributed by atoms with Crippen molar-refractivity contribution in [3.05, 3.63) is 59.8 Å². The van der Waals surface area contributed by atoms with Crippen molar-refractivity contribution in [3.8, 4) is 0 Å². The van der Waals surface area contributed by atoms with E-state index in [4.69, 9.17) is 4.74 Å². The topological polar surface area (TPSA) is 54.5 Å². The summed E-state index contributed by atoms with van der Waals surface area (Å²) in [5, 5.41) is 3.32. The zero-order valence-electron chi connectivity index (χ0n) is 15.4. The van der Waals surface area contributed by atoms with Gasteiger partial charge in [-0.3, -0.25) is 0 Å². The molecule has 1 aromatic heterocycles. The lowest BCUT2D eigenvalue weighted by Crippen LogP contribution is -2.31. The largest absolute Gasteiger partial charge is 0.445 e. The molecule has 0 saturated carbocycles. The van der Waals surface area contributed by atoms with E-state index in [0.29, 0.717) is 6.61 Å². The van der Waals surface area contributed by atoms with Crippen LogP contribution in [0.25, 0.3) is 0 Å². The maximum atomic E-state index is 12.5. The number of nitrogens with one attached hydrogen (secondary N) is 1. The van der Waals surface area contributed by atoms with Crippen molar-refractivity contribution in [1.29, 1.82) is 0 Å². The molecule has 1 fully saturated rings. The number of aromatic nitrogens is 1. The van der Waals surface area contributed by atoms with Crippen molar-refractivity contribution in [2.75, 3.05) is 18.4 Å². The van der Waals surface area contributed by atoms with E-state index in [1.807, 2.05) is 47.5 Å². The molecule has 1 atom stereocenters. The van der Waals surface area contributed by atoms with Crippen molar-refractivity contribution < 1.29 is 9.53 Å². The molecule has 1 unspecified atom stereocenters. The van der Waals surface area contributed by atoms with Gasteiger partial charge in [0.05, 0.1) is 6.04 Å². The van der Waals surface area contributed by atoms with Crippen molar-refractivity contribution in [2.45, 2.75) is 45.3 Å². The van der Waals surface area contributed by atoms with E-state index in [0.717, 1.165) is 55.7 Å². The fraction of sp³-hybridized carbons (Fsp3) is 0.429. The first-order chi connectivity index (χ1) is 12.8. The van der Waals surface area contributed by atoms with Gasteiger partial charge < -0.3 is 15.0 Å². The first-order valence-corrected chi connectivity index (χ1v) is 9.45. The summed E-state index contributed by atoms with van der Waals surface area (Å²) in [6, 6.07) is 13.9. The molecule has 26 heavy (non-hydrogen) atoms. The number of likely N-dealkylation sites (tertiary alicyclic amines) is 1. The van der Waals surface area contributed by atoms with Crippen LogP contribution in [0.3, 0.4) is 0 Å². The summed E-state index contributed by atoms with van der Waals surface area (Å²) in [7, 11) is 0. The van der Waals surface area contributed by atoms with Gasteiger partial charge in [-0.05, 0) is 36.5 Å². The molecule has 0 radical (unpaired) electrons. The fourth-order valence-corrected chi connectivity index (χ4v) is 3.23. The van der Waals surface area contributed by atoms with Crippen LogP contribution in [0, 0.1) is 0 Å². The highest BCUT2D eigenvalue weighted by molar-refractivity contribution is 5.68. The summed E-state index contributed by atoms with van der Waals surface area (Å²) in [5.74, 6) is 0.887. The highest BCUT2D eigenvalue weighted by atomic mass is 16.6. The lowest BCUT2D eigenvalue weighted by molar-refractivity contribution is 0.0920. The van der Waals surface area contributed by atoms with E-state index in [2.05, 4.69) is 23.3 Å². The zero-order valence-corrected chi connectivity index (χ0v) is 15.4.